The maximum absolute atomic E-state index is 12.0. The van der Waals surface area contributed by atoms with Gasteiger partial charge in [-0.1, -0.05) is 49.7 Å². The first-order valence-corrected chi connectivity index (χ1v) is 9.80. The van der Waals surface area contributed by atoms with Gasteiger partial charge in [0, 0.05) is 6.42 Å². The zero-order valence-electron chi connectivity index (χ0n) is 20.8. The fraction of sp³-hybridized carbons (Fsp3) is 0.522. The van der Waals surface area contributed by atoms with E-state index in [0.717, 1.165) is 0 Å². The summed E-state index contributed by atoms with van der Waals surface area (Å²) in [6, 6.07) is 9.37. The molecule has 7 nitrogen and oxygen atoms in total. The van der Waals surface area contributed by atoms with Crippen LogP contribution in [0.3, 0.4) is 0 Å². The van der Waals surface area contributed by atoms with E-state index >= 15 is 0 Å². The smallest absolute Gasteiger partial charge is 0.458 e. The number of nitrogens with one attached hydrogen (secondary N) is 3. The summed E-state index contributed by atoms with van der Waals surface area (Å²) in [6.07, 6.45) is 0.813. The van der Waals surface area contributed by atoms with Crippen LogP contribution in [0.5, 0.6) is 0 Å². The van der Waals surface area contributed by atoms with Gasteiger partial charge in [-0.15, -0.1) is 0 Å². The van der Waals surface area contributed by atoms with Crippen molar-refractivity contribution in [2.24, 2.45) is 0 Å². The van der Waals surface area contributed by atoms with E-state index < -0.39 is 23.4 Å². The molecule has 0 aliphatic rings. The Morgan fingerprint density at radius 3 is 2.00 bits per heavy atom. The molecule has 0 radical (unpaired) electrons. The Bertz CT molecular complexity index is 617. The van der Waals surface area contributed by atoms with Gasteiger partial charge < -0.3 is 28.2 Å². The van der Waals surface area contributed by atoms with Crippen molar-refractivity contribution in [2.45, 2.75) is 66.0 Å². The molecule has 0 bridgehead atoms. The molecule has 1 amide bonds. The molecule has 0 saturated heterocycles. The van der Waals surface area contributed by atoms with Crippen molar-refractivity contribution in [1.29, 1.82) is 5.41 Å². The summed E-state index contributed by atoms with van der Waals surface area (Å²) in [4.78, 5) is 34.6. The maximum atomic E-state index is 12.0. The van der Waals surface area contributed by atoms with Crippen molar-refractivity contribution in [2.75, 3.05) is 13.6 Å². The van der Waals surface area contributed by atoms with Gasteiger partial charge in [-0.2, -0.15) is 0 Å². The van der Waals surface area contributed by atoms with Crippen LogP contribution in [-0.2, 0) is 19.1 Å². The second-order valence-electron chi connectivity index (χ2n) is 6.99. The fourth-order valence-corrected chi connectivity index (χ4v) is 1.92. The molecule has 8 heteroatoms. The Balaban J connectivity index is -0.000000277. The van der Waals surface area contributed by atoms with Crippen molar-refractivity contribution in [1.82, 2.24) is 10.6 Å². The molecule has 1 aromatic carbocycles. The molecule has 0 aliphatic heterocycles. The van der Waals surface area contributed by atoms with Crippen LogP contribution in [0.2, 0.25) is 0 Å². The van der Waals surface area contributed by atoms with Gasteiger partial charge in [0.25, 0.3) is 0 Å². The molecule has 1 atom stereocenters. The zero-order valence-corrected chi connectivity index (χ0v) is 27.1. The molecule has 0 aliphatic carbocycles. The van der Waals surface area contributed by atoms with Crippen LogP contribution in [0, 0.1) is 19.8 Å². The zero-order chi connectivity index (χ0) is 22.9. The maximum Gasteiger partial charge on any atom is 1.00 e. The van der Waals surface area contributed by atoms with Gasteiger partial charge in [0.1, 0.15) is 11.6 Å². The van der Waals surface area contributed by atoms with E-state index in [9.17, 15) is 14.4 Å². The molecule has 31 heavy (non-hydrogen) atoms. The first-order chi connectivity index (χ1) is 13.6. The predicted molar refractivity (Wildman–Crippen MR) is 124 cm³/mol. The normalized spacial score (nSPS) is 10.2. The Morgan fingerprint density at radius 1 is 1.13 bits per heavy atom. The summed E-state index contributed by atoms with van der Waals surface area (Å²) < 4.78 is 5.20. The molecule has 0 saturated carbocycles. The average Bonchev–Trinajstić information content (AvgIpc) is 2.66. The van der Waals surface area contributed by atoms with E-state index in [0.29, 0.717) is 6.21 Å². The van der Waals surface area contributed by atoms with Gasteiger partial charge in [0.05, 0.1) is 12.8 Å². The van der Waals surface area contributed by atoms with Crippen LogP contribution in [0.4, 0.5) is 0 Å². The molecule has 1 rings (SSSR count). The van der Waals surface area contributed by atoms with Gasteiger partial charge >= 0.3 is 74.9 Å². The summed E-state index contributed by atoms with van der Waals surface area (Å²) in [6.45, 7) is 11.3. The molecule has 0 fully saturated rings. The van der Waals surface area contributed by atoms with E-state index in [-0.39, 0.29) is 102 Å². The van der Waals surface area contributed by atoms with E-state index in [1.165, 1.54) is 5.56 Å². The summed E-state index contributed by atoms with van der Waals surface area (Å²) in [5, 5.41) is 12.0. The summed E-state index contributed by atoms with van der Waals surface area (Å²) in [5.41, 5.74) is 0.650. The summed E-state index contributed by atoms with van der Waals surface area (Å²) in [5.74, 6) is -1.34. The molecule has 1 aromatic rings. The Morgan fingerprint density at radius 2 is 1.65 bits per heavy atom. The molecular formula is C23H40CsN3O4. The number of ether oxygens (including phenoxy) is 1. The van der Waals surface area contributed by atoms with Gasteiger partial charge in [-0.25, -0.2) is 4.79 Å². The third kappa shape index (κ3) is 24.0. The predicted octanol–water partition coefficient (Wildman–Crippen LogP) is 0.507. The Hall–Kier alpha value is -0.488. The average molecular weight is 555 g/mol. The van der Waals surface area contributed by atoms with Crippen molar-refractivity contribution in [3.05, 3.63) is 43.3 Å². The number of hydrogen-bond acceptors (Lipinski definition) is 6. The van der Waals surface area contributed by atoms with E-state index in [1.807, 2.05) is 32.0 Å². The molecule has 3 N–H and O–H groups in total. The summed E-state index contributed by atoms with van der Waals surface area (Å²) >= 11 is 0. The Labute approximate surface area is 247 Å². The van der Waals surface area contributed by atoms with Gasteiger partial charge in [0.15, 0.2) is 5.78 Å². The number of carbonyl (C=O) groups excluding carboxylic acids is 3. The first kappa shape index (κ1) is 37.8. The van der Waals surface area contributed by atoms with E-state index in [1.54, 1.807) is 27.8 Å². The third-order valence-electron chi connectivity index (χ3n) is 3.14. The van der Waals surface area contributed by atoms with Crippen LogP contribution in [-0.4, -0.2) is 49.1 Å². The fourth-order valence-electron chi connectivity index (χ4n) is 1.92. The molecule has 0 aromatic heterocycles. The Kier molecular flexibility index (Phi) is 27.7. The minimum Gasteiger partial charge on any atom is -0.458 e. The van der Waals surface area contributed by atoms with E-state index in [2.05, 4.69) is 29.7 Å². The number of rotatable bonds is 8. The molecule has 0 spiro atoms. The number of hydrogen-bond donors (Lipinski definition) is 3. The first-order valence-electron chi connectivity index (χ1n) is 9.80. The monoisotopic (exact) mass is 555 g/mol. The van der Waals surface area contributed by atoms with Crippen LogP contribution in [0.1, 0.15) is 53.0 Å². The number of benzene rings is 1. The number of Topliss-reactive ketones (excluding diaryl/α,β-unsaturated/α-hetero) is 1. The van der Waals surface area contributed by atoms with Gasteiger partial charge in [-0.3, -0.25) is 9.59 Å². The number of aryl methyl sites for hydroxylation is 1. The van der Waals surface area contributed by atoms with Crippen LogP contribution < -0.4 is 79.5 Å². The van der Waals surface area contributed by atoms with Gasteiger partial charge in [0.2, 0.25) is 5.91 Å². The van der Waals surface area contributed by atoms with E-state index in [4.69, 9.17) is 10.1 Å². The summed E-state index contributed by atoms with van der Waals surface area (Å²) in [7, 11) is 1.61. The standard InChI is InChI=1S/C13H23N3O4.C7H8.C2H6.CH3.Cs/c1-13(2,3)20-12(19)10(6-5-9(17)7-14)16-11(18)8-15-4;1-7-5-3-2-4-6-7;1-2;;/h7,10,14-15H,5-6,8H2,1-4H3,(H,16,18);2-6H,1H3;1-2H3;1H3;/q;;;-1;+1. The number of carbonyl (C=O) groups is 3. The quantitative estimate of drug-likeness (QED) is 0.246. The third-order valence-corrected chi connectivity index (χ3v) is 3.14. The largest absolute Gasteiger partial charge is 1.00 e. The number of likely N-dealkylation sites (N-methyl/N-ethyl adjacent to an activating group) is 1. The minimum atomic E-state index is -0.890. The SMILES string of the molecule is CC.CNCC(=O)NC(CCC(=O)C=N)C(=O)OC(C)(C)C.Cc1ccccc1.[CH3-].[Cs+]. The second kappa shape index (κ2) is 22.7. The van der Waals surface area contributed by atoms with Crippen LogP contribution >= 0.6 is 0 Å². The van der Waals surface area contributed by atoms with Gasteiger partial charge in [-0.05, 0) is 41.2 Å². The molecule has 1 unspecified atom stereocenters. The topological polar surface area (TPSA) is 108 Å². The van der Waals surface area contributed by atoms with Crippen molar-refractivity contribution in [3.63, 3.8) is 0 Å². The number of esters is 1. The van der Waals surface area contributed by atoms with Crippen LogP contribution in [0.15, 0.2) is 30.3 Å². The molecule has 172 valence electrons. The van der Waals surface area contributed by atoms with Crippen LogP contribution in [0.25, 0.3) is 0 Å². The second-order valence-corrected chi connectivity index (χ2v) is 6.99. The number of amides is 1. The van der Waals surface area contributed by atoms with Crippen molar-refractivity contribution < 1.29 is 88.0 Å². The number of ketones is 1. The minimum absolute atomic E-state index is 0. The molecular weight excluding hydrogens is 515 g/mol. The van der Waals surface area contributed by atoms with Crippen molar-refractivity contribution in [3.8, 4) is 0 Å². The van der Waals surface area contributed by atoms with Crippen molar-refractivity contribution >= 4 is 23.9 Å². The molecule has 0 heterocycles.